The van der Waals surface area contributed by atoms with Crippen LogP contribution in [0.25, 0.3) is 10.9 Å². The van der Waals surface area contributed by atoms with Crippen molar-refractivity contribution in [2.24, 2.45) is 0 Å². The molecule has 0 saturated heterocycles. The van der Waals surface area contributed by atoms with Gasteiger partial charge in [0.2, 0.25) is 5.91 Å². The van der Waals surface area contributed by atoms with E-state index >= 15 is 0 Å². The van der Waals surface area contributed by atoms with Gasteiger partial charge in [-0.25, -0.2) is 4.98 Å². The Hall–Kier alpha value is -2.14. The third-order valence-corrected chi connectivity index (χ3v) is 5.91. The molecular formula is C20H23N3OS. The molecule has 3 heterocycles. The van der Waals surface area contributed by atoms with E-state index in [-0.39, 0.29) is 5.91 Å². The fourth-order valence-corrected chi connectivity index (χ4v) is 4.56. The van der Waals surface area contributed by atoms with Crippen molar-refractivity contribution in [1.29, 1.82) is 0 Å². The predicted molar refractivity (Wildman–Crippen MR) is 102 cm³/mol. The Morgan fingerprint density at radius 3 is 3.04 bits per heavy atom. The van der Waals surface area contributed by atoms with Crippen molar-refractivity contribution in [2.45, 2.75) is 46.1 Å². The summed E-state index contributed by atoms with van der Waals surface area (Å²) in [6, 6.07) is 6.64. The highest BCUT2D eigenvalue weighted by molar-refractivity contribution is 7.09. The van der Waals surface area contributed by atoms with Crippen molar-refractivity contribution < 1.29 is 4.79 Å². The quantitative estimate of drug-likeness (QED) is 0.762. The lowest BCUT2D eigenvalue weighted by atomic mass is 10.0. The van der Waals surface area contributed by atoms with Crippen LogP contribution in [0.5, 0.6) is 0 Å². The molecule has 0 saturated carbocycles. The van der Waals surface area contributed by atoms with Gasteiger partial charge in [0.1, 0.15) is 0 Å². The number of aromatic nitrogens is 2. The molecule has 0 fully saturated rings. The van der Waals surface area contributed by atoms with Crippen molar-refractivity contribution in [3.63, 3.8) is 0 Å². The molecule has 0 aliphatic carbocycles. The summed E-state index contributed by atoms with van der Waals surface area (Å²) in [7, 11) is 0. The number of amides is 1. The van der Waals surface area contributed by atoms with Crippen molar-refractivity contribution in [3.8, 4) is 0 Å². The number of nitrogens with zero attached hydrogens (tertiary/aromatic N) is 2. The molecule has 4 rings (SSSR count). The Labute approximate surface area is 151 Å². The number of benzene rings is 1. The first-order valence-electron chi connectivity index (χ1n) is 8.91. The SMILES string of the molecule is Cc1nc(CC(=O)NCCc2c(C)n3c4c(cccc24)CCC3)cs1. The second-order valence-electron chi connectivity index (χ2n) is 6.77. The number of nitrogens with one attached hydrogen (secondary N) is 1. The maximum absolute atomic E-state index is 12.1. The summed E-state index contributed by atoms with van der Waals surface area (Å²) in [6.45, 7) is 5.96. The number of rotatable bonds is 5. The van der Waals surface area contributed by atoms with Crippen molar-refractivity contribution in [3.05, 3.63) is 51.1 Å². The van der Waals surface area contributed by atoms with Crippen LogP contribution in [0.3, 0.4) is 0 Å². The first-order valence-corrected chi connectivity index (χ1v) is 9.78. The maximum atomic E-state index is 12.1. The summed E-state index contributed by atoms with van der Waals surface area (Å²) in [5.74, 6) is 0.0525. The fourth-order valence-electron chi connectivity index (χ4n) is 3.95. The molecule has 5 heteroatoms. The Bertz CT molecular complexity index is 938. The lowest BCUT2D eigenvalue weighted by molar-refractivity contribution is -0.120. The van der Waals surface area contributed by atoms with Crippen LogP contribution in [0, 0.1) is 13.8 Å². The molecule has 130 valence electrons. The third kappa shape index (κ3) is 3.09. The van der Waals surface area contributed by atoms with Crippen molar-refractivity contribution >= 4 is 28.1 Å². The van der Waals surface area contributed by atoms with Crippen LogP contribution in [-0.2, 0) is 30.6 Å². The molecule has 3 aromatic rings. The van der Waals surface area contributed by atoms with Gasteiger partial charge in [0.15, 0.2) is 0 Å². The fraction of sp³-hybridized carbons (Fsp3) is 0.400. The minimum absolute atomic E-state index is 0.0525. The number of hydrogen-bond acceptors (Lipinski definition) is 3. The highest BCUT2D eigenvalue weighted by Crippen LogP contribution is 2.32. The molecule has 0 radical (unpaired) electrons. The summed E-state index contributed by atoms with van der Waals surface area (Å²) in [5.41, 5.74) is 6.46. The zero-order valence-electron chi connectivity index (χ0n) is 14.8. The summed E-state index contributed by atoms with van der Waals surface area (Å²) < 4.78 is 2.46. The van der Waals surface area contributed by atoms with Gasteiger partial charge in [0, 0.05) is 29.5 Å². The zero-order chi connectivity index (χ0) is 17.4. The molecule has 0 bridgehead atoms. The molecule has 1 aromatic carbocycles. The van der Waals surface area contributed by atoms with E-state index in [4.69, 9.17) is 0 Å². The van der Waals surface area contributed by atoms with Gasteiger partial charge < -0.3 is 9.88 Å². The highest BCUT2D eigenvalue weighted by atomic mass is 32.1. The normalized spacial score (nSPS) is 13.4. The number of aryl methyl sites for hydroxylation is 3. The second-order valence-corrected chi connectivity index (χ2v) is 7.83. The Morgan fingerprint density at radius 1 is 1.36 bits per heavy atom. The van der Waals surface area contributed by atoms with Crippen LogP contribution in [-0.4, -0.2) is 22.0 Å². The van der Waals surface area contributed by atoms with E-state index in [1.807, 2.05) is 12.3 Å². The molecule has 0 atom stereocenters. The summed E-state index contributed by atoms with van der Waals surface area (Å²) in [5, 5.41) is 7.38. The molecule has 4 nitrogen and oxygen atoms in total. The molecule has 1 amide bonds. The van der Waals surface area contributed by atoms with Gasteiger partial charge in [-0.15, -0.1) is 11.3 Å². The largest absolute Gasteiger partial charge is 0.355 e. The molecule has 0 unspecified atom stereocenters. The highest BCUT2D eigenvalue weighted by Gasteiger charge is 2.19. The summed E-state index contributed by atoms with van der Waals surface area (Å²) >= 11 is 1.59. The molecule has 1 N–H and O–H groups in total. The number of para-hydroxylation sites is 1. The zero-order valence-corrected chi connectivity index (χ0v) is 15.6. The van der Waals surface area contributed by atoms with Gasteiger partial charge >= 0.3 is 0 Å². The number of hydrogen-bond donors (Lipinski definition) is 1. The topological polar surface area (TPSA) is 46.9 Å². The van der Waals surface area contributed by atoms with Gasteiger partial charge in [-0.3, -0.25) is 4.79 Å². The number of carbonyl (C=O) groups excluding carboxylic acids is 1. The molecular weight excluding hydrogens is 330 g/mol. The van der Waals surface area contributed by atoms with Crippen molar-refractivity contribution in [1.82, 2.24) is 14.9 Å². The Morgan fingerprint density at radius 2 is 2.24 bits per heavy atom. The summed E-state index contributed by atoms with van der Waals surface area (Å²) in [6.07, 6.45) is 3.63. The number of thiazole rings is 1. The third-order valence-electron chi connectivity index (χ3n) is 5.09. The lowest BCUT2D eigenvalue weighted by Crippen LogP contribution is -2.27. The average molecular weight is 353 g/mol. The van der Waals surface area contributed by atoms with E-state index in [0.29, 0.717) is 13.0 Å². The smallest absolute Gasteiger partial charge is 0.226 e. The molecule has 1 aliphatic rings. The van der Waals surface area contributed by atoms with Crippen LogP contribution in [0.2, 0.25) is 0 Å². The molecule has 25 heavy (non-hydrogen) atoms. The lowest BCUT2D eigenvalue weighted by Gasteiger charge is -2.16. The maximum Gasteiger partial charge on any atom is 0.226 e. The Kier molecular flexibility index (Phi) is 4.34. The van der Waals surface area contributed by atoms with E-state index in [0.717, 1.165) is 23.7 Å². The monoisotopic (exact) mass is 353 g/mol. The van der Waals surface area contributed by atoms with Gasteiger partial charge in [-0.1, -0.05) is 18.2 Å². The molecule has 0 spiro atoms. The van der Waals surface area contributed by atoms with Crippen molar-refractivity contribution in [2.75, 3.05) is 6.54 Å². The van der Waals surface area contributed by atoms with Gasteiger partial charge in [0.25, 0.3) is 0 Å². The van der Waals surface area contributed by atoms with Crippen LogP contribution >= 0.6 is 11.3 Å². The van der Waals surface area contributed by atoms with E-state index in [2.05, 4.69) is 40.0 Å². The summed E-state index contributed by atoms with van der Waals surface area (Å²) in [4.78, 5) is 16.5. The van der Waals surface area contributed by atoms with Gasteiger partial charge in [-0.05, 0) is 44.2 Å². The minimum Gasteiger partial charge on any atom is -0.355 e. The first-order chi connectivity index (χ1) is 12.1. The van der Waals surface area contributed by atoms with E-state index in [1.165, 1.54) is 40.6 Å². The molecule has 1 aliphatic heterocycles. The minimum atomic E-state index is 0.0525. The second kappa shape index (κ2) is 6.64. The van der Waals surface area contributed by atoms with E-state index in [9.17, 15) is 4.79 Å². The van der Waals surface area contributed by atoms with Crippen LogP contribution in [0.4, 0.5) is 0 Å². The van der Waals surface area contributed by atoms with Crippen LogP contribution < -0.4 is 5.32 Å². The van der Waals surface area contributed by atoms with Gasteiger partial charge in [0.05, 0.1) is 22.6 Å². The first kappa shape index (κ1) is 16.3. The van der Waals surface area contributed by atoms with Crippen LogP contribution in [0.15, 0.2) is 23.6 Å². The van der Waals surface area contributed by atoms with Gasteiger partial charge in [-0.2, -0.15) is 0 Å². The van der Waals surface area contributed by atoms with Crippen LogP contribution in [0.1, 0.15) is 33.9 Å². The van der Waals surface area contributed by atoms with E-state index < -0.39 is 0 Å². The number of carbonyl (C=O) groups is 1. The predicted octanol–water partition coefficient (Wildman–Crippen LogP) is 3.56. The van der Waals surface area contributed by atoms with E-state index in [1.54, 1.807) is 11.3 Å². The Balaban J connectivity index is 1.46. The average Bonchev–Trinajstić information content (AvgIpc) is 3.13. The molecule has 2 aromatic heterocycles. The standard InChI is InChI=1S/C20H23N3OS/c1-13-17(8-9-21-19(24)11-16-12-25-14(2)22-16)18-7-3-5-15-6-4-10-23(13)20(15)18/h3,5,7,12H,4,6,8-11H2,1-2H3,(H,21,24).